The van der Waals surface area contributed by atoms with Gasteiger partial charge < -0.3 is 15.1 Å². The SMILES string of the molecule is CCCN(CCN1CCN(C(=O)c2ccc3cccnc3c2O)CC1)C1CCc2ccc(O)cc2C1. The molecule has 7 nitrogen and oxygen atoms in total. The van der Waals surface area contributed by atoms with E-state index in [4.69, 9.17) is 0 Å². The van der Waals surface area contributed by atoms with E-state index >= 15 is 0 Å². The van der Waals surface area contributed by atoms with Gasteiger partial charge in [-0.15, -0.1) is 0 Å². The number of pyridine rings is 1. The van der Waals surface area contributed by atoms with Crippen LogP contribution in [0.15, 0.2) is 48.7 Å². The minimum absolute atomic E-state index is 0.0295. The fraction of sp³-hybridized carbons (Fsp3) is 0.448. The van der Waals surface area contributed by atoms with Gasteiger partial charge in [-0.2, -0.15) is 0 Å². The molecule has 1 fully saturated rings. The van der Waals surface area contributed by atoms with Gasteiger partial charge in [0.1, 0.15) is 11.3 Å². The Bertz CT molecular complexity index is 1220. The number of benzene rings is 2. The number of fused-ring (bicyclic) bond motifs is 2. The Balaban J connectivity index is 1.16. The van der Waals surface area contributed by atoms with E-state index in [2.05, 4.69) is 27.8 Å². The molecule has 2 N–H and O–H groups in total. The largest absolute Gasteiger partial charge is 0.508 e. The smallest absolute Gasteiger partial charge is 0.257 e. The number of carbonyl (C=O) groups is 1. The lowest BCUT2D eigenvalue weighted by Gasteiger charge is -2.39. The number of aromatic hydroxyl groups is 2. The summed E-state index contributed by atoms with van der Waals surface area (Å²) in [7, 11) is 0. The molecule has 2 aromatic carbocycles. The maximum absolute atomic E-state index is 13.1. The number of amides is 1. The van der Waals surface area contributed by atoms with Crippen LogP contribution in [0.25, 0.3) is 10.9 Å². The van der Waals surface area contributed by atoms with Crippen LogP contribution in [0.2, 0.25) is 0 Å². The molecule has 0 spiro atoms. The summed E-state index contributed by atoms with van der Waals surface area (Å²) in [6.07, 6.45) is 5.97. The van der Waals surface area contributed by atoms with Crippen LogP contribution in [0.3, 0.4) is 0 Å². The summed E-state index contributed by atoms with van der Waals surface area (Å²) in [5.41, 5.74) is 3.45. The van der Waals surface area contributed by atoms with Gasteiger partial charge in [0.2, 0.25) is 0 Å². The molecule has 5 rings (SSSR count). The van der Waals surface area contributed by atoms with Crippen molar-refractivity contribution in [3.05, 3.63) is 65.4 Å². The van der Waals surface area contributed by atoms with E-state index in [0.717, 1.165) is 63.8 Å². The van der Waals surface area contributed by atoms with E-state index < -0.39 is 0 Å². The van der Waals surface area contributed by atoms with Gasteiger partial charge in [-0.05, 0) is 67.6 Å². The van der Waals surface area contributed by atoms with E-state index in [1.165, 1.54) is 11.1 Å². The quantitative estimate of drug-likeness (QED) is 0.528. The zero-order valence-electron chi connectivity index (χ0n) is 21.1. The summed E-state index contributed by atoms with van der Waals surface area (Å²) in [5.74, 6) is 0.201. The number of carbonyl (C=O) groups excluding carboxylic acids is 1. The molecule has 1 aliphatic carbocycles. The molecule has 0 saturated carbocycles. The third-order valence-corrected chi connectivity index (χ3v) is 7.76. The number of aromatic nitrogens is 1. The zero-order valence-corrected chi connectivity index (χ0v) is 21.1. The van der Waals surface area contributed by atoms with E-state index in [9.17, 15) is 15.0 Å². The normalized spacial score (nSPS) is 18.5. The summed E-state index contributed by atoms with van der Waals surface area (Å²) in [5, 5.41) is 21.4. The van der Waals surface area contributed by atoms with Crippen molar-refractivity contribution in [3.8, 4) is 11.5 Å². The van der Waals surface area contributed by atoms with Crippen molar-refractivity contribution < 1.29 is 15.0 Å². The molecule has 36 heavy (non-hydrogen) atoms. The van der Waals surface area contributed by atoms with E-state index in [-0.39, 0.29) is 11.7 Å². The Morgan fingerprint density at radius 1 is 1.06 bits per heavy atom. The van der Waals surface area contributed by atoms with Crippen molar-refractivity contribution in [1.29, 1.82) is 0 Å². The predicted molar refractivity (Wildman–Crippen MR) is 142 cm³/mol. The number of aryl methyl sites for hydroxylation is 1. The molecule has 1 aromatic heterocycles. The van der Waals surface area contributed by atoms with Crippen LogP contribution >= 0.6 is 0 Å². The molecule has 2 heterocycles. The Labute approximate surface area is 213 Å². The van der Waals surface area contributed by atoms with Gasteiger partial charge in [0, 0.05) is 56.9 Å². The Kier molecular flexibility index (Phi) is 7.39. The standard InChI is InChI=1S/C29H36N4O3/c1-2-12-32(24-8-5-21-6-9-25(34)20-23(21)19-24)16-13-31-14-17-33(18-15-31)29(36)26-10-7-22-4-3-11-30-27(22)28(26)35/h3-4,6-7,9-11,20,24,34-35H,2,5,8,12-19H2,1H3. The summed E-state index contributed by atoms with van der Waals surface area (Å²) in [6.45, 7) is 8.28. The van der Waals surface area contributed by atoms with Crippen LogP contribution in [-0.2, 0) is 12.8 Å². The van der Waals surface area contributed by atoms with Crippen LogP contribution in [0, 0.1) is 0 Å². The van der Waals surface area contributed by atoms with Crippen molar-refractivity contribution in [2.45, 2.75) is 38.6 Å². The molecule has 2 aliphatic rings. The number of hydrogen-bond donors (Lipinski definition) is 2. The minimum Gasteiger partial charge on any atom is -0.508 e. The molecule has 7 heteroatoms. The summed E-state index contributed by atoms with van der Waals surface area (Å²) in [4.78, 5) is 24.3. The predicted octanol–water partition coefficient (Wildman–Crippen LogP) is 3.67. The first-order valence-corrected chi connectivity index (χ1v) is 13.2. The van der Waals surface area contributed by atoms with Crippen LogP contribution in [0.4, 0.5) is 0 Å². The molecule has 0 radical (unpaired) electrons. The Hall–Kier alpha value is -3.16. The van der Waals surface area contributed by atoms with E-state index in [1.54, 1.807) is 18.3 Å². The van der Waals surface area contributed by atoms with Crippen molar-refractivity contribution in [1.82, 2.24) is 19.7 Å². The lowest BCUT2D eigenvalue weighted by atomic mass is 9.87. The fourth-order valence-electron chi connectivity index (χ4n) is 5.72. The van der Waals surface area contributed by atoms with Crippen molar-refractivity contribution in [2.24, 2.45) is 0 Å². The number of rotatable bonds is 7. The van der Waals surface area contributed by atoms with Gasteiger partial charge in [0.25, 0.3) is 5.91 Å². The number of phenolic OH excluding ortho intramolecular Hbond substituents is 2. The van der Waals surface area contributed by atoms with Gasteiger partial charge in [0.15, 0.2) is 5.75 Å². The van der Waals surface area contributed by atoms with Crippen molar-refractivity contribution in [2.75, 3.05) is 45.8 Å². The highest BCUT2D eigenvalue weighted by molar-refractivity contribution is 6.02. The van der Waals surface area contributed by atoms with Crippen molar-refractivity contribution >= 4 is 16.8 Å². The first-order chi connectivity index (χ1) is 17.5. The molecule has 1 atom stereocenters. The number of nitrogens with zero attached hydrogens (tertiary/aromatic N) is 4. The van der Waals surface area contributed by atoms with Crippen LogP contribution in [-0.4, -0.2) is 87.7 Å². The Morgan fingerprint density at radius 3 is 2.69 bits per heavy atom. The monoisotopic (exact) mass is 488 g/mol. The van der Waals surface area contributed by atoms with Gasteiger partial charge in [0.05, 0.1) is 5.56 Å². The molecule has 0 bridgehead atoms. The summed E-state index contributed by atoms with van der Waals surface area (Å²) >= 11 is 0. The molecule has 1 aliphatic heterocycles. The molecule has 190 valence electrons. The van der Waals surface area contributed by atoms with E-state index in [0.29, 0.717) is 36.0 Å². The average molecular weight is 489 g/mol. The topological polar surface area (TPSA) is 80.1 Å². The number of hydrogen-bond acceptors (Lipinski definition) is 6. The highest BCUT2D eigenvalue weighted by Gasteiger charge is 2.27. The average Bonchev–Trinajstić information content (AvgIpc) is 2.91. The second-order valence-electron chi connectivity index (χ2n) is 10.1. The number of phenols is 2. The van der Waals surface area contributed by atoms with Gasteiger partial charge >= 0.3 is 0 Å². The minimum atomic E-state index is -0.128. The van der Waals surface area contributed by atoms with Crippen LogP contribution in [0.1, 0.15) is 41.3 Å². The highest BCUT2D eigenvalue weighted by atomic mass is 16.3. The van der Waals surface area contributed by atoms with Crippen LogP contribution < -0.4 is 0 Å². The second-order valence-corrected chi connectivity index (χ2v) is 10.1. The molecular formula is C29H36N4O3. The third-order valence-electron chi connectivity index (χ3n) is 7.76. The molecule has 1 unspecified atom stereocenters. The maximum Gasteiger partial charge on any atom is 0.257 e. The first-order valence-electron chi connectivity index (χ1n) is 13.2. The lowest BCUT2D eigenvalue weighted by molar-refractivity contribution is 0.0606. The molecule has 3 aromatic rings. The lowest BCUT2D eigenvalue weighted by Crippen LogP contribution is -2.51. The highest BCUT2D eigenvalue weighted by Crippen LogP contribution is 2.29. The number of piperazine rings is 1. The van der Waals surface area contributed by atoms with Gasteiger partial charge in [-0.1, -0.05) is 25.1 Å². The maximum atomic E-state index is 13.1. The first kappa shape index (κ1) is 24.5. The van der Waals surface area contributed by atoms with Gasteiger partial charge in [-0.3, -0.25) is 19.6 Å². The molecule has 1 amide bonds. The zero-order chi connectivity index (χ0) is 25.1. The molecular weight excluding hydrogens is 452 g/mol. The second kappa shape index (κ2) is 10.8. The van der Waals surface area contributed by atoms with Gasteiger partial charge in [-0.25, -0.2) is 0 Å². The van der Waals surface area contributed by atoms with E-state index in [1.807, 2.05) is 29.2 Å². The molecule has 1 saturated heterocycles. The summed E-state index contributed by atoms with van der Waals surface area (Å²) < 4.78 is 0. The van der Waals surface area contributed by atoms with Crippen molar-refractivity contribution in [3.63, 3.8) is 0 Å². The fourth-order valence-corrected chi connectivity index (χ4v) is 5.72. The third kappa shape index (κ3) is 5.18. The van der Waals surface area contributed by atoms with Crippen LogP contribution in [0.5, 0.6) is 11.5 Å². The summed E-state index contributed by atoms with van der Waals surface area (Å²) in [6, 6.07) is 13.6. The Morgan fingerprint density at radius 2 is 1.89 bits per heavy atom.